The highest BCUT2D eigenvalue weighted by atomic mass is 16.5. The Morgan fingerprint density at radius 2 is 1.54 bits per heavy atom. The molecule has 0 bridgehead atoms. The van der Waals surface area contributed by atoms with Crippen molar-refractivity contribution < 1.29 is 18.7 Å². The molecule has 6 heteroatoms. The normalized spacial score (nSPS) is 13.7. The Hall–Kier alpha value is -4.97. The van der Waals surface area contributed by atoms with Crippen molar-refractivity contribution in [1.29, 1.82) is 0 Å². The van der Waals surface area contributed by atoms with E-state index in [9.17, 15) is 9.59 Å². The molecule has 5 aromatic rings. The Bertz CT molecular complexity index is 1720. The van der Waals surface area contributed by atoms with Gasteiger partial charge < -0.3 is 9.15 Å². The number of hydrazone groups is 1. The van der Waals surface area contributed by atoms with Gasteiger partial charge in [-0.05, 0) is 65.9 Å². The highest BCUT2D eigenvalue weighted by Crippen LogP contribution is 2.31. The molecule has 4 aromatic carbocycles. The fourth-order valence-corrected chi connectivity index (χ4v) is 4.99. The maximum atomic E-state index is 13.1. The number of hydrogen-bond acceptors (Lipinski definition) is 5. The van der Waals surface area contributed by atoms with Crippen LogP contribution in [-0.4, -0.2) is 17.6 Å². The van der Waals surface area contributed by atoms with Crippen molar-refractivity contribution in [2.24, 2.45) is 5.10 Å². The Kier molecular flexibility index (Phi) is 6.51. The minimum Gasteiger partial charge on any atom is -0.453 e. The summed E-state index contributed by atoms with van der Waals surface area (Å²) in [7, 11) is 0. The molecule has 6 rings (SSSR count). The first-order chi connectivity index (χ1) is 19.1. The Labute approximate surface area is 225 Å². The third kappa shape index (κ3) is 4.97. The van der Waals surface area contributed by atoms with E-state index in [-0.39, 0.29) is 11.7 Å². The monoisotopic (exact) mass is 514 g/mol. The number of furan rings is 1. The topological polar surface area (TPSA) is 80.9 Å². The molecule has 0 radical (unpaired) electrons. The predicted molar refractivity (Wildman–Crippen MR) is 151 cm³/mol. The maximum absolute atomic E-state index is 13.1. The highest BCUT2D eigenvalue weighted by Gasteiger charge is 2.29. The minimum absolute atomic E-state index is 0.158. The van der Waals surface area contributed by atoms with Crippen molar-refractivity contribution in [2.75, 3.05) is 0 Å². The van der Waals surface area contributed by atoms with E-state index in [0.29, 0.717) is 41.2 Å². The predicted octanol–water partition coefficient (Wildman–Crippen LogP) is 7.10. The summed E-state index contributed by atoms with van der Waals surface area (Å²) in [5, 5.41) is 6.49. The molecule has 192 valence electrons. The summed E-state index contributed by atoms with van der Waals surface area (Å²) in [4.78, 5) is 25.9. The molecule has 0 unspecified atom stereocenters. The number of nitrogens with zero attached hydrogens (tertiary/aromatic N) is 1. The number of fused-ring (bicyclic) bond motifs is 2. The van der Waals surface area contributed by atoms with E-state index in [1.807, 2.05) is 85.8 Å². The number of hydrogen-bond donors (Lipinski definition) is 1. The van der Waals surface area contributed by atoms with Crippen LogP contribution in [0.25, 0.3) is 21.9 Å². The molecule has 0 fully saturated rings. The number of benzene rings is 4. The van der Waals surface area contributed by atoms with Gasteiger partial charge in [0.1, 0.15) is 11.5 Å². The lowest BCUT2D eigenvalue weighted by molar-refractivity contribution is 0.0698. The van der Waals surface area contributed by atoms with Gasteiger partial charge in [0.15, 0.2) is 0 Å². The van der Waals surface area contributed by atoms with Crippen LogP contribution in [0.4, 0.5) is 0 Å². The molecule has 1 heterocycles. The fraction of sp³-hybridized carbons (Fsp3) is 0.121. The van der Waals surface area contributed by atoms with Crippen molar-refractivity contribution in [1.82, 2.24) is 5.43 Å². The highest BCUT2D eigenvalue weighted by molar-refractivity contribution is 6.07. The first-order valence-electron chi connectivity index (χ1n) is 12.9. The molecule has 0 saturated carbocycles. The lowest BCUT2D eigenvalue weighted by Gasteiger charge is -2.13. The molecule has 0 atom stereocenters. The van der Waals surface area contributed by atoms with Crippen LogP contribution in [0.2, 0.25) is 0 Å². The largest absolute Gasteiger partial charge is 0.453 e. The zero-order chi connectivity index (χ0) is 26.8. The number of rotatable bonds is 5. The number of nitrogens with one attached hydrogen (secondary N) is 1. The standard InChI is InChI=1S/C33H26N2O4/c1-21-30-28(34-35-32(36)25-16-14-24(15-17-25)22-8-3-2-4-9-22)12-7-13-29(30)39-31(21)33(37)38-27-19-18-23-10-5-6-11-26(23)20-27/h2-6,8-11,14-20H,7,12-13H2,1H3,(H,35,36)/b34-28+. The summed E-state index contributed by atoms with van der Waals surface area (Å²) in [5.74, 6) is 0.437. The Balaban J connectivity index is 1.19. The van der Waals surface area contributed by atoms with E-state index in [1.54, 1.807) is 18.2 Å². The molecule has 0 spiro atoms. The zero-order valence-electron chi connectivity index (χ0n) is 21.4. The maximum Gasteiger partial charge on any atom is 0.379 e. The van der Waals surface area contributed by atoms with E-state index in [1.165, 1.54) is 0 Å². The second-order valence-corrected chi connectivity index (χ2v) is 9.55. The van der Waals surface area contributed by atoms with Crippen molar-refractivity contribution >= 4 is 28.4 Å². The molecule has 6 nitrogen and oxygen atoms in total. The molecule has 1 aromatic heterocycles. The van der Waals surface area contributed by atoms with Crippen LogP contribution in [-0.2, 0) is 6.42 Å². The molecule has 1 aliphatic carbocycles. The number of amides is 1. The molecule has 0 saturated heterocycles. The van der Waals surface area contributed by atoms with Crippen LogP contribution in [0.5, 0.6) is 5.75 Å². The van der Waals surface area contributed by atoms with E-state index < -0.39 is 5.97 Å². The quantitative estimate of drug-likeness (QED) is 0.154. The van der Waals surface area contributed by atoms with E-state index in [4.69, 9.17) is 9.15 Å². The van der Waals surface area contributed by atoms with Gasteiger partial charge in [-0.25, -0.2) is 10.2 Å². The summed E-state index contributed by atoms with van der Waals surface area (Å²) < 4.78 is 11.6. The van der Waals surface area contributed by atoms with Gasteiger partial charge >= 0.3 is 5.97 Å². The second-order valence-electron chi connectivity index (χ2n) is 9.55. The minimum atomic E-state index is -0.556. The number of esters is 1. The van der Waals surface area contributed by atoms with Crippen molar-refractivity contribution in [2.45, 2.75) is 26.2 Å². The summed E-state index contributed by atoms with van der Waals surface area (Å²) >= 11 is 0. The van der Waals surface area contributed by atoms with Crippen LogP contribution in [0.1, 0.15) is 50.6 Å². The average molecular weight is 515 g/mol. The van der Waals surface area contributed by atoms with Gasteiger partial charge in [0.2, 0.25) is 5.76 Å². The SMILES string of the molecule is Cc1c(C(=O)Oc2ccc3ccccc3c2)oc2c1/C(=N/NC(=O)c1ccc(-c3ccccc3)cc1)CCC2. The van der Waals surface area contributed by atoms with Crippen molar-refractivity contribution in [3.8, 4) is 16.9 Å². The molecular formula is C33H26N2O4. The van der Waals surface area contributed by atoms with Gasteiger partial charge in [0.05, 0.1) is 5.71 Å². The van der Waals surface area contributed by atoms with Gasteiger partial charge in [-0.3, -0.25) is 4.79 Å². The van der Waals surface area contributed by atoms with E-state index in [0.717, 1.165) is 33.9 Å². The Morgan fingerprint density at radius 1 is 0.821 bits per heavy atom. The van der Waals surface area contributed by atoms with Crippen LogP contribution < -0.4 is 10.2 Å². The van der Waals surface area contributed by atoms with E-state index >= 15 is 0 Å². The average Bonchev–Trinajstić information content (AvgIpc) is 3.33. The third-order valence-electron chi connectivity index (χ3n) is 6.99. The lowest BCUT2D eigenvalue weighted by atomic mass is 9.93. The number of carbonyl (C=O) groups excluding carboxylic acids is 2. The van der Waals surface area contributed by atoms with Crippen molar-refractivity contribution in [3.05, 3.63) is 125 Å². The number of ether oxygens (including phenoxy) is 1. The van der Waals surface area contributed by atoms with Crippen LogP contribution in [0.3, 0.4) is 0 Å². The molecule has 39 heavy (non-hydrogen) atoms. The second kappa shape index (κ2) is 10.4. The van der Waals surface area contributed by atoms with Crippen LogP contribution in [0, 0.1) is 6.92 Å². The van der Waals surface area contributed by atoms with Gasteiger partial charge in [-0.1, -0.05) is 72.8 Å². The van der Waals surface area contributed by atoms with Gasteiger partial charge in [0, 0.05) is 23.1 Å². The van der Waals surface area contributed by atoms with Crippen LogP contribution >= 0.6 is 0 Å². The van der Waals surface area contributed by atoms with Gasteiger partial charge in [-0.2, -0.15) is 5.10 Å². The molecular weight excluding hydrogens is 488 g/mol. The summed E-state index contributed by atoms with van der Waals surface area (Å²) in [5.41, 5.74) is 7.44. The number of aryl methyl sites for hydroxylation is 1. The number of carbonyl (C=O) groups is 2. The summed E-state index contributed by atoms with van der Waals surface area (Å²) in [6.45, 7) is 1.82. The first-order valence-corrected chi connectivity index (χ1v) is 12.9. The molecule has 1 amide bonds. The molecule has 0 aliphatic heterocycles. The molecule has 1 aliphatic rings. The van der Waals surface area contributed by atoms with Gasteiger partial charge in [-0.15, -0.1) is 0 Å². The lowest BCUT2D eigenvalue weighted by Crippen LogP contribution is -2.22. The first kappa shape index (κ1) is 24.4. The molecule has 1 N–H and O–H groups in total. The van der Waals surface area contributed by atoms with Gasteiger partial charge in [0.25, 0.3) is 5.91 Å². The third-order valence-corrected chi connectivity index (χ3v) is 6.99. The van der Waals surface area contributed by atoms with Crippen molar-refractivity contribution in [3.63, 3.8) is 0 Å². The summed E-state index contributed by atoms with van der Waals surface area (Å²) in [6, 6.07) is 30.8. The zero-order valence-corrected chi connectivity index (χ0v) is 21.4. The van der Waals surface area contributed by atoms with Crippen LogP contribution in [0.15, 0.2) is 107 Å². The fourth-order valence-electron chi connectivity index (χ4n) is 4.99. The van der Waals surface area contributed by atoms with E-state index in [2.05, 4.69) is 10.5 Å². The smallest absolute Gasteiger partial charge is 0.379 e. The summed E-state index contributed by atoms with van der Waals surface area (Å²) in [6.07, 6.45) is 2.16. The Morgan fingerprint density at radius 3 is 2.33 bits per heavy atom.